The fourth-order valence-electron chi connectivity index (χ4n) is 3.08. The number of hydrogen-bond acceptors (Lipinski definition) is 7. The number of hydrogen-bond donors (Lipinski definition) is 2. The normalized spacial score (nSPS) is 17.3. The maximum absolute atomic E-state index is 12.3. The van der Waals surface area contributed by atoms with Crippen LogP contribution in [0.1, 0.15) is 17.0 Å². The molecule has 0 aliphatic carbocycles. The van der Waals surface area contributed by atoms with Crippen molar-refractivity contribution in [2.24, 2.45) is 0 Å². The van der Waals surface area contributed by atoms with Gasteiger partial charge in [-0.2, -0.15) is 0 Å². The number of amides is 2. The Morgan fingerprint density at radius 3 is 2.93 bits per heavy atom. The lowest BCUT2D eigenvalue weighted by Gasteiger charge is -2.34. The van der Waals surface area contributed by atoms with E-state index in [0.29, 0.717) is 13.1 Å². The van der Waals surface area contributed by atoms with Crippen molar-refractivity contribution in [3.05, 3.63) is 40.9 Å². The van der Waals surface area contributed by atoms with Crippen LogP contribution in [0.5, 0.6) is 0 Å². The Morgan fingerprint density at radius 2 is 2.18 bits per heavy atom. The molecule has 0 bridgehead atoms. The SMILES string of the molecule is Cc1nnc(SCCNC(=O)C[C@@H]2C(=O)NCCN2CCc2ccccc2)s1. The van der Waals surface area contributed by atoms with Crippen LogP contribution in [0.15, 0.2) is 34.7 Å². The Hall–Kier alpha value is -1.97. The van der Waals surface area contributed by atoms with Gasteiger partial charge < -0.3 is 10.6 Å². The summed E-state index contributed by atoms with van der Waals surface area (Å²) in [6.07, 6.45) is 1.05. The first-order valence-electron chi connectivity index (χ1n) is 9.37. The lowest BCUT2D eigenvalue weighted by atomic mass is 10.1. The summed E-state index contributed by atoms with van der Waals surface area (Å²) in [5, 5.41) is 14.8. The largest absolute Gasteiger partial charge is 0.355 e. The van der Waals surface area contributed by atoms with Crippen LogP contribution < -0.4 is 10.6 Å². The Balaban J connectivity index is 1.43. The van der Waals surface area contributed by atoms with Crippen LogP contribution in [-0.4, -0.2) is 64.9 Å². The zero-order valence-electron chi connectivity index (χ0n) is 15.9. The second kappa shape index (κ2) is 10.5. The zero-order valence-corrected chi connectivity index (χ0v) is 17.5. The molecule has 9 heteroatoms. The van der Waals surface area contributed by atoms with Crippen LogP contribution in [0.4, 0.5) is 0 Å². The molecule has 1 saturated heterocycles. The number of aromatic nitrogens is 2. The van der Waals surface area contributed by atoms with Crippen molar-refractivity contribution in [3.63, 3.8) is 0 Å². The van der Waals surface area contributed by atoms with Gasteiger partial charge >= 0.3 is 0 Å². The number of benzene rings is 1. The minimum Gasteiger partial charge on any atom is -0.355 e. The molecule has 0 spiro atoms. The minimum atomic E-state index is -0.407. The topological polar surface area (TPSA) is 87.2 Å². The molecule has 2 heterocycles. The number of carbonyl (C=O) groups is 2. The van der Waals surface area contributed by atoms with Crippen LogP contribution in [0.2, 0.25) is 0 Å². The Kier molecular flexibility index (Phi) is 7.81. The zero-order chi connectivity index (χ0) is 19.8. The fourth-order valence-corrected chi connectivity index (χ4v) is 4.82. The van der Waals surface area contributed by atoms with E-state index in [1.165, 1.54) is 5.56 Å². The molecule has 1 fully saturated rings. The maximum atomic E-state index is 12.3. The van der Waals surface area contributed by atoms with Crippen molar-refractivity contribution in [1.29, 1.82) is 0 Å². The van der Waals surface area contributed by atoms with Crippen LogP contribution >= 0.6 is 23.1 Å². The second-order valence-electron chi connectivity index (χ2n) is 6.57. The van der Waals surface area contributed by atoms with Crippen LogP contribution in [-0.2, 0) is 16.0 Å². The van der Waals surface area contributed by atoms with Gasteiger partial charge in [-0.15, -0.1) is 10.2 Å². The molecule has 1 aliphatic heterocycles. The van der Waals surface area contributed by atoms with Crippen molar-refractivity contribution in [1.82, 2.24) is 25.7 Å². The number of carbonyl (C=O) groups excluding carboxylic acids is 2. The summed E-state index contributed by atoms with van der Waals surface area (Å²) < 4.78 is 0.908. The van der Waals surface area contributed by atoms with E-state index >= 15 is 0 Å². The standard InChI is InChI=1S/C19H25N5O2S2/c1-14-22-23-19(28-14)27-12-9-20-17(25)13-16-18(26)21-8-11-24(16)10-7-15-5-3-2-4-6-15/h2-6,16H,7-13H2,1H3,(H,20,25)(H,21,26)/t16-/m1/s1. The highest BCUT2D eigenvalue weighted by atomic mass is 32.2. The third-order valence-electron chi connectivity index (χ3n) is 4.51. The Bertz CT molecular complexity index is 784. The lowest BCUT2D eigenvalue weighted by molar-refractivity contribution is -0.133. The summed E-state index contributed by atoms with van der Waals surface area (Å²) in [7, 11) is 0. The molecule has 1 aliphatic rings. The van der Waals surface area contributed by atoms with Crippen molar-refractivity contribution in [3.8, 4) is 0 Å². The molecule has 0 radical (unpaired) electrons. The molecule has 3 rings (SSSR count). The Morgan fingerprint density at radius 1 is 1.36 bits per heavy atom. The molecule has 1 aromatic carbocycles. The van der Waals surface area contributed by atoms with Gasteiger partial charge in [0, 0.05) is 31.9 Å². The number of nitrogens with zero attached hydrogens (tertiary/aromatic N) is 3. The monoisotopic (exact) mass is 419 g/mol. The molecule has 150 valence electrons. The molecule has 0 unspecified atom stereocenters. The van der Waals surface area contributed by atoms with Gasteiger partial charge in [-0.1, -0.05) is 53.4 Å². The molecule has 28 heavy (non-hydrogen) atoms. The Labute approximate surface area is 173 Å². The van der Waals surface area contributed by atoms with Gasteiger partial charge in [-0.05, 0) is 18.9 Å². The average Bonchev–Trinajstić information content (AvgIpc) is 3.12. The predicted molar refractivity (Wildman–Crippen MR) is 112 cm³/mol. The number of aryl methyl sites for hydroxylation is 1. The summed E-state index contributed by atoms with van der Waals surface area (Å²) >= 11 is 3.12. The first-order chi connectivity index (χ1) is 13.6. The molecule has 2 N–H and O–H groups in total. The first kappa shape index (κ1) is 20.8. The number of rotatable bonds is 9. The fraction of sp³-hybridized carbons (Fsp3) is 0.474. The van der Waals surface area contributed by atoms with Crippen LogP contribution in [0.25, 0.3) is 0 Å². The van der Waals surface area contributed by atoms with E-state index in [4.69, 9.17) is 0 Å². The van der Waals surface area contributed by atoms with E-state index in [1.807, 2.05) is 25.1 Å². The van der Waals surface area contributed by atoms with Gasteiger partial charge in [-0.25, -0.2) is 0 Å². The van der Waals surface area contributed by atoms with Gasteiger partial charge in [0.2, 0.25) is 11.8 Å². The van der Waals surface area contributed by atoms with Crippen LogP contribution in [0, 0.1) is 6.92 Å². The first-order valence-corrected chi connectivity index (χ1v) is 11.2. The van der Waals surface area contributed by atoms with E-state index in [-0.39, 0.29) is 18.2 Å². The van der Waals surface area contributed by atoms with Gasteiger partial charge in [0.05, 0.1) is 12.5 Å². The second-order valence-corrected chi connectivity index (χ2v) is 9.09. The van der Waals surface area contributed by atoms with E-state index in [0.717, 1.165) is 34.6 Å². The molecule has 1 atom stereocenters. The highest BCUT2D eigenvalue weighted by molar-refractivity contribution is 8.01. The lowest BCUT2D eigenvalue weighted by Crippen LogP contribution is -2.57. The molecule has 2 amide bonds. The summed E-state index contributed by atoms with van der Waals surface area (Å²) in [5.41, 5.74) is 1.24. The molecule has 7 nitrogen and oxygen atoms in total. The predicted octanol–water partition coefficient (Wildman–Crippen LogP) is 1.49. The quantitative estimate of drug-likeness (QED) is 0.473. The van der Waals surface area contributed by atoms with E-state index < -0.39 is 6.04 Å². The molecular formula is C19H25N5O2S2. The molecule has 1 aromatic heterocycles. The van der Waals surface area contributed by atoms with Gasteiger partial charge in [-0.3, -0.25) is 14.5 Å². The average molecular weight is 420 g/mol. The van der Waals surface area contributed by atoms with E-state index in [9.17, 15) is 9.59 Å². The third kappa shape index (κ3) is 6.29. The van der Waals surface area contributed by atoms with Gasteiger partial charge in [0.1, 0.15) is 5.01 Å². The van der Waals surface area contributed by atoms with Crippen molar-refractivity contribution < 1.29 is 9.59 Å². The van der Waals surface area contributed by atoms with Gasteiger partial charge in [0.15, 0.2) is 4.34 Å². The van der Waals surface area contributed by atoms with Crippen LogP contribution in [0.3, 0.4) is 0 Å². The summed E-state index contributed by atoms with van der Waals surface area (Å²) in [6.45, 7) is 4.62. The van der Waals surface area contributed by atoms with Crippen molar-refractivity contribution >= 4 is 34.9 Å². The number of piperazine rings is 1. The maximum Gasteiger partial charge on any atom is 0.237 e. The van der Waals surface area contributed by atoms with E-state index in [2.05, 4.69) is 37.9 Å². The highest BCUT2D eigenvalue weighted by Gasteiger charge is 2.31. The molecule has 2 aromatic rings. The molecular weight excluding hydrogens is 394 g/mol. The number of nitrogens with one attached hydrogen (secondary N) is 2. The smallest absolute Gasteiger partial charge is 0.237 e. The summed E-state index contributed by atoms with van der Waals surface area (Å²) in [6, 6.07) is 9.80. The summed E-state index contributed by atoms with van der Waals surface area (Å²) in [4.78, 5) is 26.8. The summed E-state index contributed by atoms with van der Waals surface area (Å²) in [5.74, 6) is 0.573. The molecule has 0 saturated carbocycles. The minimum absolute atomic E-state index is 0.0619. The number of thioether (sulfide) groups is 1. The highest BCUT2D eigenvalue weighted by Crippen LogP contribution is 2.21. The van der Waals surface area contributed by atoms with Crippen molar-refractivity contribution in [2.45, 2.75) is 30.1 Å². The van der Waals surface area contributed by atoms with E-state index in [1.54, 1.807) is 23.1 Å². The van der Waals surface area contributed by atoms with Crippen molar-refractivity contribution in [2.75, 3.05) is 31.9 Å². The third-order valence-corrected chi connectivity index (χ3v) is 6.48. The van der Waals surface area contributed by atoms with Gasteiger partial charge in [0.25, 0.3) is 0 Å².